The van der Waals surface area contributed by atoms with Gasteiger partial charge in [-0.3, -0.25) is 0 Å². The number of nitrogens with zero attached hydrogens (tertiary/aromatic N) is 2. The van der Waals surface area contributed by atoms with Crippen LogP contribution in [0.4, 0.5) is 0 Å². The van der Waals surface area contributed by atoms with E-state index in [4.69, 9.17) is 5.11 Å². The number of carbonyl (C=O) groups is 1. The molecule has 0 spiro atoms. The number of hydrogen-bond donors (Lipinski definition) is 1. The molecule has 0 radical (unpaired) electrons. The van der Waals surface area contributed by atoms with Crippen molar-refractivity contribution in [3.63, 3.8) is 0 Å². The number of imidazole rings is 1. The van der Waals surface area contributed by atoms with E-state index in [9.17, 15) is 4.79 Å². The fourth-order valence-corrected chi connectivity index (χ4v) is 1.13. The Hall–Kier alpha value is -1.62. The maximum absolute atomic E-state index is 11.2. The molecular formula is C10H14N2O3. The third-order valence-corrected chi connectivity index (χ3v) is 1.85. The third kappa shape index (κ3) is 2.92. The van der Waals surface area contributed by atoms with Crippen LogP contribution in [0.15, 0.2) is 12.3 Å². The second-order valence-corrected chi connectivity index (χ2v) is 3.01. The van der Waals surface area contributed by atoms with Crippen LogP contribution < -0.4 is 0 Å². The van der Waals surface area contributed by atoms with E-state index < -0.39 is 5.97 Å². The number of aliphatic hydroxyl groups is 1. The monoisotopic (exact) mass is 210 g/mol. The first kappa shape index (κ1) is 11.5. The molecule has 0 fully saturated rings. The molecule has 82 valence electrons. The predicted octanol–water partition coefficient (Wildman–Crippen LogP) is 0.602. The molecule has 15 heavy (non-hydrogen) atoms. The van der Waals surface area contributed by atoms with Crippen LogP contribution in [0, 0.1) is 0 Å². The summed E-state index contributed by atoms with van der Waals surface area (Å²) in [7, 11) is 3.04. The number of aryl methyl sites for hydroxylation is 1. The van der Waals surface area contributed by atoms with Crippen molar-refractivity contribution in [3.8, 4) is 0 Å². The molecule has 0 unspecified atom stereocenters. The summed E-state index contributed by atoms with van der Waals surface area (Å²) in [5.41, 5.74) is 0.673. The van der Waals surface area contributed by atoms with Crippen LogP contribution in [0.3, 0.4) is 0 Å². The van der Waals surface area contributed by atoms with Crippen molar-refractivity contribution in [1.29, 1.82) is 0 Å². The van der Waals surface area contributed by atoms with Gasteiger partial charge in [0.2, 0.25) is 5.82 Å². The van der Waals surface area contributed by atoms with Gasteiger partial charge >= 0.3 is 5.97 Å². The number of aromatic nitrogens is 2. The highest BCUT2D eigenvalue weighted by atomic mass is 16.5. The van der Waals surface area contributed by atoms with Gasteiger partial charge in [0.05, 0.1) is 12.8 Å². The maximum atomic E-state index is 11.2. The molecule has 0 aliphatic carbocycles. The van der Waals surface area contributed by atoms with Crippen LogP contribution in [0.2, 0.25) is 0 Å². The zero-order chi connectivity index (χ0) is 11.3. The van der Waals surface area contributed by atoms with Gasteiger partial charge in [-0.15, -0.1) is 0 Å². The Bertz CT molecular complexity index is 369. The lowest BCUT2D eigenvalue weighted by atomic mass is 10.3. The molecule has 1 N–H and O–H groups in total. The molecule has 0 amide bonds. The third-order valence-electron chi connectivity index (χ3n) is 1.85. The zero-order valence-electron chi connectivity index (χ0n) is 8.80. The number of carbonyl (C=O) groups excluding carboxylic acids is 1. The molecule has 1 rings (SSSR count). The van der Waals surface area contributed by atoms with Gasteiger partial charge in [-0.25, -0.2) is 9.78 Å². The van der Waals surface area contributed by atoms with Crippen molar-refractivity contribution in [1.82, 2.24) is 9.55 Å². The first-order chi connectivity index (χ1) is 7.19. The quantitative estimate of drug-likeness (QED) is 0.739. The van der Waals surface area contributed by atoms with E-state index in [1.54, 1.807) is 30.0 Å². The lowest BCUT2D eigenvalue weighted by molar-refractivity contribution is 0.0582. The van der Waals surface area contributed by atoms with E-state index in [0.29, 0.717) is 12.1 Å². The number of methoxy groups -OCH3 is 1. The predicted molar refractivity (Wildman–Crippen MR) is 55.3 cm³/mol. The number of rotatable bonds is 4. The van der Waals surface area contributed by atoms with Gasteiger partial charge in [0, 0.05) is 19.9 Å². The first-order valence-corrected chi connectivity index (χ1v) is 4.58. The number of hydrogen-bond acceptors (Lipinski definition) is 4. The van der Waals surface area contributed by atoms with Crippen molar-refractivity contribution < 1.29 is 14.6 Å². The lowest BCUT2D eigenvalue weighted by Crippen LogP contribution is -2.08. The van der Waals surface area contributed by atoms with E-state index >= 15 is 0 Å². The summed E-state index contributed by atoms with van der Waals surface area (Å²) in [5.74, 6) is -0.194. The highest BCUT2D eigenvalue weighted by molar-refractivity contribution is 5.85. The number of esters is 1. The Kier molecular flexibility index (Phi) is 4.05. The molecule has 1 aromatic heterocycles. The van der Waals surface area contributed by atoms with Gasteiger partial charge in [0.15, 0.2) is 0 Å². The highest BCUT2D eigenvalue weighted by Gasteiger charge is 2.12. The molecule has 0 aromatic carbocycles. The molecule has 0 saturated carbocycles. The van der Waals surface area contributed by atoms with Crippen molar-refractivity contribution in [3.05, 3.63) is 23.8 Å². The number of aliphatic hydroxyl groups excluding tert-OH is 1. The highest BCUT2D eigenvalue weighted by Crippen LogP contribution is 2.05. The van der Waals surface area contributed by atoms with Crippen molar-refractivity contribution >= 4 is 12.0 Å². The van der Waals surface area contributed by atoms with Crippen LogP contribution in [0.25, 0.3) is 6.08 Å². The van der Waals surface area contributed by atoms with Crippen LogP contribution in [-0.4, -0.2) is 34.3 Å². The molecule has 0 bridgehead atoms. The van der Waals surface area contributed by atoms with Crippen LogP contribution in [-0.2, 0) is 11.8 Å². The van der Waals surface area contributed by atoms with E-state index in [1.807, 2.05) is 0 Å². The molecule has 1 aromatic rings. The summed E-state index contributed by atoms with van der Waals surface area (Å²) in [4.78, 5) is 15.3. The summed E-state index contributed by atoms with van der Waals surface area (Å²) in [5, 5.41) is 8.58. The second kappa shape index (κ2) is 5.31. The Morgan fingerprint density at radius 3 is 3.07 bits per heavy atom. The molecule has 0 aliphatic rings. The van der Waals surface area contributed by atoms with Crippen molar-refractivity contribution in [2.24, 2.45) is 7.05 Å². The van der Waals surface area contributed by atoms with Crippen LogP contribution >= 0.6 is 0 Å². The van der Waals surface area contributed by atoms with E-state index in [2.05, 4.69) is 9.72 Å². The summed E-state index contributed by atoms with van der Waals surface area (Å²) in [6.45, 7) is 0.104. The van der Waals surface area contributed by atoms with Crippen molar-refractivity contribution in [2.45, 2.75) is 6.42 Å². The van der Waals surface area contributed by atoms with Gasteiger partial charge in [-0.1, -0.05) is 6.08 Å². The van der Waals surface area contributed by atoms with Gasteiger partial charge in [-0.05, 0) is 12.5 Å². The van der Waals surface area contributed by atoms with E-state index in [1.165, 1.54) is 7.11 Å². The SMILES string of the molecule is COC(=O)c1nc(C=CCCO)cn1C. The normalized spacial score (nSPS) is 10.9. The fourth-order valence-electron chi connectivity index (χ4n) is 1.13. The van der Waals surface area contributed by atoms with Gasteiger partial charge in [0.1, 0.15) is 0 Å². The van der Waals surface area contributed by atoms with E-state index in [0.717, 1.165) is 0 Å². The minimum Gasteiger partial charge on any atom is -0.463 e. The average Bonchev–Trinajstić information content (AvgIpc) is 2.59. The summed E-state index contributed by atoms with van der Waals surface area (Å²) in [6, 6.07) is 0. The van der Waals surface area contributed by atoms with Crippen LogP contribution in [0.5, 0.6) is 0 Å². The maximum Gasteiger partial charge on any atom is 0.374 e. The van der Waals surface area contributed by atoms with E-state index in [-0.39, 0.29) is 12.4 Å². The minimum atomic E-state index is -0.459. The largest absolute Gasteiger partial charge is 0.463 e. The number of ether oxygens (including phenoxy) is 1. The topological polar surface area (TPSA) is 64.3 Å². The Balaban J connectivity index is 2.81. The first-order valence-electron chi connectivity index (χ1n) is 4.58. The Morgan fingerprint density at radius 1 is 1.73 bits per heavy atom. The minimum absolute atomic E-state index is 0.104. The zero-order valence-corrected chi connectivity index (χ0v) is 8.80. The van der Waals surface area contributed by atoms with Crippen molar-refractivity contribution in [2.75, 3.05) is 13.7 Å². The van der Waals surface area contributed by atoms with Gasteiger partial charge in [-0.2, -0.15) is 0 Å². The summed E-state index contributed by atoms with van der Waals surface area (Å²) < 4.78 is 6.17. The summed E-state index contributed by atoms with van der Waals surface area (Å²) in [6.07, 6.45) is 5.84. The van der Waals surface area contributed by atoms with Crippen LogP contribution in [0.1, 0.15) is 22.7 Å². The molecule has 5 nitrogen and oxygen atoms in total. The average molecular weight is 210 g/mol. The molecular weight excluding hydrogens is 196 g/mol. The molecule has 0 saturated heterocycles. The summed E-state index contributed by atoms with van der Waals surface area (Å²) >= 11 is 0. The Labute approximate surface area is 88.0 Å². The standard InChI is InChI=1S/C10H14N2O3/c1-12-7-8(5-3-4-6-13)11-9(12)10(14)15-2/h3,5,7,13H,4,6H2,1-2H3. The smallest absolute Gasteiger partial charge is 0.374 e. The molecule has 0 atom stereocenters. The molecule has 0 aliphatic heterocycles. The fraction of sp³-hybridized carbons (Fsp3) is 0.400. The molecule has 5 heteroatoms. The Morgan fingerprint density at radius 2 is 2.47 bits per heavy atom. The van der Waals surface area contributed by atoms with Gasteiger partial charge in [0.25, 0.3) is 0 Å². The van der Waals surface area contributed by atoms with Gasteiger partial charge < -0.3 is 14.4 Å². The molecule has 1 heterocycles. The lowest BCUT2D eigenvalue weighted by Gasteiger charge is -1.96. The second-order valence-electron chi connectivity index (χ2n) is 3.01.